The normalized spacial score (nSPS) is 22.2. The number of piperidine rings is 1. The number of carbonyl (C=O) groups is 1. The molecule has 21 heavy (non-hydrogen) atoms. The van der Waals surface area contributed by atoms with Gasteiger partial charge in [-0.3, -0.25) is 4.79 Å². The van der Waals surface area contributed by atoms with Gasteiger partial charge in [-0.1, -0.05) is 13.0 Å². The van der Waals surface area contributed by atoms with Crippen LogP contribution in [0.25, 0.3) is 0 Å². The van der Waals surface area contributed by atoms with E-state index in [1.165, 1.54) is 6.07 Å². The van der Waals surface area contributed by atoms with E-state index in [-0.39, 0.29) is 17.7 Å². The molecule has 2 rings (SSSR count). The average molecular weight is 294 g/mol. The third kappa shape index (κ3) is 3.35. The molecule has 1 N–H and O–H groups in total. The number of likely N-dealkylation sites (tertiary alicyclic amines) is 1. The van der Waals surface area contributed by atoms with Gasteiger partial charge in [0.1, 0.15) is 5.82 Å². The van der Waals surface area contributed by atoms with E-state index in [0.29, 0.717) is 31.1 Å². The third-order valence-corrected chi connectivity index (χ3v) is 4.08. The molecule has 0 radical (unpaired) electrons. The zero-order valence-electron chi connectivity index (χ0n) is 12.9. The van der Waals surface area contributed by atoms with Crippen molar-refractivity contribution in [3.63, 3.8) is 0 Å². The fourth-order valence-electron chi connectivity index (χ4n) is 2.75. The molecule has 0 saturated carbocycles. The Balaban J connectivity index is 2.22. The number of para-hydroxylation sites is 1. The number of ether oxygens (including phenoxy) is 1. The lowest BCUT2D eigenvalue weighted by Crippen LogP contribution is -2.46. The van der Waals surface area contributed by atoms with Crippen molar-refractivity contribution >= 4 is 11.6 Å². The predicted octanol–water partition coefficient (Wildman–Crippen LogP) is 2.75. The van der Waals surface area contributed by atoms with Gasteiger partial charge in [0.2, 0.25) is 0 Å². The Morgan fingerprint density at radius 3 is 2.95 bits per heavy atom. The van der Waals surface area contributed by atoms with Crippen LogP contribution in [-0.2, 0) is 4.74 Å². The maximum atomic E-state index is 13.9. The number of carbonyl (C=O) groups excluding carboxylic acids is 1. The topological polar surface area (TPSA) is 41.6 Å². The number of nitrogens with zero attached hydrogens (tertiary/aromatic N) is 1. The van der Waals surface area contributed by atoms with Crippen LogP contribution < -0.4 is 5.32 Å². The Labute approximate surface area is 125 Å². The maximum absolute atomic E-state index is 13.9. The number of nitrogens with one attached hydrogen (secondary N) is 1. The highest BCUT2D eigenvalue weighted by molar-refractivity contribution is 5.99. The molecule has 2 atom stereocenters. The number of methoxy groups -OCH3 is 1. The summed E-state index contributed by atoms with van der Waals surface area (Å²) >= 11 is 0. The Kier molecular flexibility index (Phi) is 5.17. The summed E-state index contributed by atoms with van der Waals surface area (Å²) in [5, 5.41) is 2.94. The van der Waals surface area contributed by atoms with Crippen LogP contribution in [0, 0.1) is 11.7 Å². The number of anilines is 1. The summed E-state index contributed by atoms with van der Waals surface area (Å²) in [5.41, 5.74) is 0.679. The van der Waals surface area contributed by atoms with E-state index in [0.717, 1.165) is 6.42 Å². The van der Waals surface area contributed by atoms with E-state index in [2.05, 4.69) is 12.2 Å². The van der Waals surface area contributed by atoms with E-state index < -0.39 is 5.82 Å². The molecule has 116 valence electrons. The lowest BCUT2D eigenvalue weighted by molar-refractivity contribution is -0.00154. The average Bonchev–Trinajstić information content (AvgIpc) is 2.49. The van der Waals surface area contributed by atoms with Gasteiger partial charge in [-0.25, -0.2) is 4.39 Å². The van der Waals surface area contributed by atoms with Crippen molar-refractivity contribution in [3.8, 4) is 0 Å². The first-order chi connectivity index (χ1) is 10.1. The SMILES string of the molecule is CCNc1c(F)cccc1C(=O)N1CCC(C)C(OC)C1. The van der Waals surface area contributed by atoms with Crippen LogP contribution in [0.1, 0.15) is 30.6 Å². The van der Waals surface area contributed by atoms with Gasteiger partial charge in [-0.15, -0.1) is 0 Å². The van der Waals surface area contributed by atoms with Gasteiger partial charge in [0.05, 0.1) is 17.4 Å². The fraction of sp³-hybridized carbons (Fsp3) is 0.562. The first-order valence-electron chi connectivity index (χ1n) is 7.42. The summed E-state index contributed by atoms with van der Waals surface area (Å²) < 4.78 is 19.3. The molecular weight excluding hydrogens is 271 g/mol. The highest BCUT2D eigenvalue weighted by Gasteiger charge is 2.30. The van der Waals surface area contributed by atoms with Crippen molar-refractivity contribution in [1.29, 1.82) is 0 Å². The molecule has 1 heterocycles. The van der Waals surface area contributed by atoms with E-state index in [1.54, 1.807) is 24.1 Å². The molecule has 0 bridgehead atoms. The van der Waals surface area contributed by atoms with Crippen molar-refractivity contribution in [1.82, 2.24) is 4.90 Å². The molecule has 1 aromatic rings. The zero-order chi connectivity index (χ0) is 15.4. The van der Waals surface area contributed by atoms with Crippen LogP contribution in [0.15, 0.2) is 18.2 Å². The van der Waals surface area contributed by atoms with E-state index in [1.807, 2.05) is 6.92 Å². The number of halogens is 1. The van der Waals surface area contributed by atoms with Gasteiger partial charge in [-0.2, -0.15) is 0 Å². The molecule has 5 heteroatoms. The quantitative estimate of drug-likeness (QED) is 0.928. The lowest BCUT2D eigenvalue weighted by Gasteiger charge is -2.36. The Morgan fingerprint density at radius 1 is 1.52 bits per heavy atom. The Bertz CT molecular complexity index is 507. The van der Waals surface area contributed by atoms with E-state index in [4.69, 9.17) is 4.74 Å². The molecule has 1 aliphatic heterocycles. The van der Waals surface area contributed by atoms with Gasteiger partial charge in [0.15, 0.2) is 0 Å². The third-order valence-electron chi connectivity index (χ3n) is 4.08. The standard InChI is InChI=1S/C16H23FN2O2/c1-4-18-15-12(6-5-7-13(15)17)16(20)19-9-8-11(2)14(10-19)21-3/h5-7,11,14,18H,4,8-10H2,1-3H3. The molecule has 1 saturated heterocycles. The molecule has 0 aliphatic carbocycles. The van der Waals surface area contributed by atoms with Crippen LogP contribution >= 0.6 is 0 Å². The molecule has 0 spiro atoms. The summed E-state index contributed by atoms with van der Waals surface area (Å²) in [4.78, 5) is 14.4. The Hall–Kier alpha value is -1.62. The fourth-order valence-corrected chi connectivity index (χ4v) is 2.75. The van der Waals surface area contributed by atoms with Crippen molar-refractivity contribution < 1.29 is 13.9 Å². The lowest BCUT2D eigenvalue weighted by atomic mass is 9.95. The molecular formula is C16H23FN2O2. The minimum atomic E-state index is -0.392. The minimum absolute atomic E-state index is 0.0406. The summed E-state index contributed by atoms with van der Waals surface area (Å²) in [7, 11) is 1.67. The predicted molar refractivity (Wildman–Crippen MR) is 81.0 cm³/mol. The molecule has 2 unspecified atom stereocenters. The molecule has 1 amide bonds. The monoisotopic (exact) mass is 294 g/mol. The zero-order valence-corrected chi connectivity index (χ0v) is 12.9. The number of benzene rings is 1. The molecule has 0 aromatic heterocycles. The summed E-state index contributed by atoms with van der Waals surface area (Å²) in [5.74, 6) is -0.101. The van der Waals surface area contributed by atoms with Crippen molar-refractivity contribution in [2.24, 2.45) is 5.92 Å². The van der Waals surface area contributed by atoms with E-state index >= 15 is 0 Å². The van der Waals surface area contributed by atoms with E-state index in [9.17, 15) is 9.18 Å². The summed E-state index contributed by atoms with van der Waals surface area (Å²) in [6, 6.07) is 4.61. The highest BCUT2D eigenvalue weighted by atomic mass is 19.1. The van der Waals surface area contributed by atoms with Crippen LogP contribution in [-0.4, -0.2) is 43.7 Å². The van der Waals surface area contributed by atoms with Gasteiger partial charge >= 0.3 is 0 Å². The number of amides is 1. The summed E-state index contributed by atoms with van der Waals surface area (Å²) in [6.07, 6.45) is 0.940. The molecule has 4 nitrogen and oxygen atoms in total. The van der Waals surface area contributed by atoms with Crippen LogP contribution in [0.5, 0.6) is 0 Å². The smallest absolute Gasteiger partial charge is 0.256 e. The second-order valence-electron chi connectivity index (χ2n) is 5.48. The molecule has 1 aromatic carbocycles. The van der Waals surface area contributed by atoms with Gasteiger partial charge < -0.3 is 15.0 Å². The van der Waals surface area contributed by atoms with Gasteiger partial charge in [-0.05, 0) is 31.4 Å². The van der Waals surface area contributed by atoms with Gasteiger partial charge in [0.25, 0.3) is 5.91 Å². The first kappa shape index (κ1) is 15.8. The highest BCUT2D eigenvalue weighted by Crippen LogP contribution is 2.25. The van der Waals surface area contributed by atoms with Crippen LogP contribution in [0.3, 0.4) is 0 Å². The summed E-state index contributed by atoms with van der Waals surface area (Å²) in [6.45, 7) is 5.81. The van der Waals surface area contributed by atoms with Crippen molar-refractivity contribution in [3.05, 3.63) is 29.6 Å². The maximum Gasteiger partial charge on any atom is 0.256 e. The first-order valence-corrected chi connectivity index (χ1v) is 7.42. The second kappa shape index (κ2) is 6.89. The second-order valence-corrected chi connectivity index (χ2v) is 5.48. The number of hydrogen-bond acceptors (Lipinski definition) is 3. The van der Waals surface area contributed by atoms with Crippen LogP contribution in [0.4, 0.5) is 10.1 Å². The molecule has 1 aliphatic rings. The van der Waals surface area contributed by atoms with Crippen LogP contribution in [0.2, 0.25) is 0 Å². The van der Waals surface area contributed by atoms with Crippen molar-refractivity contribution in [2.75, 3.05) is 32.1 Å². The molecule has 1 fully saturated rings. The van der Waals surface area contributed by atoms with Gasteiger partial charge in [0, 0.05) is 26.7 Å². The minimum Gasteiger partial charge on any atom is -0.382 e. The number of rotatable bonds is 4. The Morgan fingerprint density at radius 2 is 2.29 bits per heavy atom. The van der Waals surface area contributed by atoms with Crippen molar-refractivity contribution in [2.45, 2.75) is 26.4 Å². The number of hydrogen-bond donors (Lipinski definition) is 1. The largest absolute Gasteiger partial charge is 0.382 e.